The van der Waals surface area contributed by atoms with E-state index in [0.29, 0.717) is 0 Å². The Morgan fingerprint density at radius 3 is 1.42 bits per heavy atom. The fourth-order valence-corrected chi connectivity index (χ4v) is 4.46. The third kappa shape index (κ3) is 9.53. The van der Waals surface area contributed by atoms with Crippen molar-refractivity contribution < 1.29 is 40.8 Å². The molecule has 0 N–H and O–H groups in total. The third-order valence-electron chi connectivity index (χ3n) is 3.14. The number of ether oxygens (including phenoxy) is 3. The van der Waals surface area contributed by atoms with Gasteiger partial charge in [-0.1, -0.05) is 13.3 Å². The maximum Gasteiger partial charge on any atom is 0.500 e. The van der Waals surface area contributed by atoms with Crippen LogP contribution in [0.25, 0.3) is 0 Å². The highest BCUT2D eigenvalue weighted by Crippen LogP contribution is 2.16. The number of unbranched alkanes of at least 4 members (excludes halogenated alkanes) is 1. The Bertz CT molecular complexity index is 256. The molecule has 0 rings (SSSR count). The lowest BCUT2D eigenvalue weighted by Gasteiger charge is -2.29. The highest BCUT2D eigenvalue weighted by atomic mass is 28.4. The highest BCUT2D eigenvalue weighted by molar-refractivity contribution is 6.60. The number of hydrogen-bond donors (Lipinski definition) is 0. The van der Waals surface area contributed by atoms with Crippen molar-refractivity contribution in [3.63, 3.8) is 0 Å². The highest BCUT2D eigenvalue weighted by Gasteiger charge is 2.37. The van der Waals surface area contributed by atoms with Gasteiger partial charge in [0.05, 0.1) is 0 Å². The van der Waals surface area contributed by atoms with Crippen molar-refractivity contribution in [1.29, 1.82) is 0 Å². The molecule has 0 saturated carbocycles. The van der Waals surface area contributed by atoms with Crippen molar-refractivity contribution in [3.05, 3.63) is 0 Å². The summed E-state index contributed by atoms with van der Waals surface area (Å²) < 4.78 is 45.4. The molecule has 0 radical (unpaired) electrons. The summed E-state index contributed by atoms with van der Waals surface area (Å²) in [4.78, 5) is 0. The Balaban J connectivity index is 0. The summed E-state index contributed by atoms with van der Waals surface area (Å²) >= 11 is 0. The van der Waals surface area contributed by atoms with E-state index in [1.54, 1.807) is 21.3 Å². The van der Waals surface area contributed by atoms with Gasteiger partial charge in [0.25, 0.3) is 0 Å². The minimum absolute atomic E-state index is 0.910. The van der Waals surface area contributed by atoms with Gasteiger partial charge >= 0.3 is 24.5 Å². The van der Waals surface area contributed by atoms with Crippen LogP contribution in [0, 0.1) is 0 Å². The molecule has 0 spiro atoms. The van der Waals surface area contributed by atoms with Crippen LogP contribution in [0.4, 0.5) is 0 Å². The van der Waals surface area contributed by atoms with Gasteiger partial charge in [-0.15, -0.1) is 0 Å². The van der Waals surface area contributed by atoms with E-state index in [4.69, 9.17) is 40.8 Å². The fraction of sp³-hybridized carbons (Fsp3) is 1.00. The van der Waals surface area contributed by atoms with Crippen molar-refractivity contribution >= 4 is 18.3 Å². The minimum atomic E-state index is -2.25. The first kappa shape index (κ1) is 26.3. The largest absolute Gasteiger partial charge is 0.500 e. The Hall–Kier alpha value is 0.0738. The van der Waals surface area contributed by atoms with Crippen molar-refractivity contribution in [3.8, 4) is 0 Å². The smallest absolute Gasteiger partial charge is 0.379 e. The molecule has 0 aromatic carbocycles. The Morgan fingerprint density at radius 2 is 1.17 bits per heavy atom. The van der Waals surface area contributed by atoms with Crippen molar-refractivity contribution in [2.75, 3.05) is 56.9 Å². The van der Waals surface area contributed by atoms with Crippen LogP contribution >= 0.6 is 0 Å². The lowest BCUT2D eigenvalue weighted by Crippen LogP contribution is -2.45. The van der Waals surface area contributed by atoms with Crippen LogP contribution in [-0.4, -0.2) is 81.4 Å². The van der Waals surface area contributed by atoms with Crippen molar-refractivity contribution in [2.45, 2.75) is 32.0 Å². The van der Waals surface area contributed by atoms with E-state index in [2.05, 4.69) is 6.92 Å². The maximum atomic E-state index is 5.23. The zero-order valence-electron chi connectivity index (χ0n) is 16.4. The zero-order chi connectivity index (χ0) is 19.1. The first-order valence-electron chi connectivity index (χ1n) is 7.46. The van der Waals surface area contributed by atoms with Crippen LogP contribution in [0.5, 0.6) is 0 Å². The van der Waals surface area contributed by atoms with Gasteiger partial charge in [-0.3, -0.25) is 4.43 Å². The van der Waals surface area contributed by atoms with E-state index in [1.165, 1.54) is 35.5 Å². The van der Waals surface area contributed by atoms with E-state index in [0.717, 1.165) is 18.9 Å². The molecule has 0 fully saturated rings. The topological polar surface area (TPSA) is 83.1 Å². The quantitative estimate of drug-likeness (QED) is 0.340. The normalized spacial score (nSPS) is 12.2. The van der Waals surface area contributed by atoms with Gasteiger partial charge in [-0.2, -0.15) is 0 Å². The van der Waals surface area contributed by atoms with Crippen LogP contribution in [0.3, 0.4) is 0 Å². The summed E-state index contributed by atoms with van der Waals surface area (Å²) in [5.74, 6) is 0. The maximum absolute atomic E-state index is 5.23. The molecule has 0 atom stereocenters. The Morgan fingerprint density at radius 1 is 0.750 bits per heavy atom. The first-order chi connectivity index (χ1) is 11.4. The number of rotatable bonds is 13. The predicted octanol–water partition coefficient (Wildman–Crippen LogP) is 1.23. The average Bonchev–Trinajstić information content (AvgIpc) is 2.66. The molecular formula is C13H34O9Si2. The van der Waals surface area contributed by atoms with Crippen LogP contribution in [0.1, 0.15) is 19.8 Å². The van der Waals surface area contributed by atoms with Gasteiger partial charge in [-0.05, 0) is 6.42 Å². The molecule has 148 valence electrons. The fourth-order valence-electron chi connectivity index (χ4n) is 1.65. The molecule has 0 aromatic heterocycles. The standard InChI is InChI=1S/C7H18O3Si.C6H16O6Si/c1-5-6-7-11(8-2,9-3)10-4;1-7-6(8-2,9-3)12-13(10-4)11-5/h5-7H2,1-4H3;13H,1-5H3. The first-order valence-corrected chi connectivity index (χ1v) is 10.8. The van der Waals surface area contributed by atoms with Gasteiger partial charge < -0.3 is 36.3 Å². The summed E-state index contributed by atoms with van der Waals surface area (Å²) in [5, 5.41) is 0. The van der Waals surface area contributed by atoms with Crippen LogP contribution in [0.2, 0.25) is 6.04 Å². The van der Waals surface area contributed by atoms with E-state index in [1.807, 2.05) is 0 Å². The molecule has 0 amide bonds. The van der Waals surface area contributed by atoms with Gasteiger partial charge in [0.1, 0.15) is 0 Å². The minimum Gasteiger partial charge on any atom is -0.379 e. The molecule has 0 saturated heterocycles. The molecule has 0 unspecified atom stereocenters. The molecular weight excluding hydrogens is 356 g/mol. The molecule has 0 aliphatic rings. The Kier molecular flexibility index (Phi) is 16.8. The third-order valence-corrected chi connectivity index (χ3v) is 7.23. The Labute approximate surface area is 148 Å². The molecule has 0 bridgehead atoms. The van der Waals surface area contributed by atoms with Gasteiger partial charge in [0, 0.05) is 62.9 Å². The summed E-state index contributed by atoms with van der Waals surface area (Å²) in [6, 6.07) is 0.910. The molecule has 0 aliphatic carbocycles. The van der Waals surface area contributed by atoms with Crippen LogP contribution < -0.4 is 0 Å². The van der Waals surface area contributed by atoms with E-state index >= 15 is 0 Å². The van der Waals surface area contributed by atoms with Gasteiger partial charge in [0.15, 0.2) is 0 Å². The van der Waals surface area contributed by atoms with E-state index in [9.17, 15) is 0 Å². The summed E-state index contributed by atoms with van der Waals surface area (Å²) in [6.45, 7) is 2.14. The molecule has 24 heavy (non-hydrogen) atoms. The zero-order valence-corrected chi connectivity index (χ0v) is 18.5. The molecule has 11 heteroatoms. The van der Waals surface area contributed by atoms with Crippen molar-refractivity contribution in [2.24, 2.45) is 0 Å². The SMILES string of the molecule is CCCC[Si](OC)(OC)OC.CO[SiH](OC)OC(OC)(OC)OC. The lowest BCUT2D eigenvalue weighted by molar-refractivity contribution is -0.457. The second-order valence-corrected chi connectivity index (χ2v) is 9.24. The summed E-state index contributed by atoms with van der Waals surface area (Å²) in [5.41, 5.74) is 0. The summed E-state index contributed by atoms with van der Waals surface area (Å²) in [7, 11) is 7.59. The van der Waals surface area contributed by atoms with Crippen LogP contribution in [-0.2, 0) is 40.8 Å². The summed E-state index contributed by atoms with van der Waals surface area (Å²) in [6.07, 6.45) is 0.704. The van der Waals surface area contributed by atoms with Crippen molar-refractivity contribution in [1.82, 2.24) is 0 Å². The number of methoxy groups -OCH3 is 3. The number of hydrogen-bond acceptors (Lipinski definition) is 9. The van der Waals surface area contributed by atoms with E-state index < -0.39 is 24.5 Å². The monoisotopic (exact) mass is 390 g/mol. The molecule has 0 heterocycles. The van der Waals surface area contributed by atoms with E-state index in [-0.39, 0.29) is 0 Å². The predicted molar refractivity (Wildman–Crippen MR) is 92.5 cm³/mol. The van der Waals surface area contributed by atoms with Gasteiger partial charge in [-0.25, -0.2) is 0 Å². The van der Waals surface area contributed by atoms with Crippen LogP contribution in [0.15, 0.2) is 0 Å². The second kappa shape index (κ2) is 15.3. The van der Waals surface area contributed by atoms with Gasteiger partial charge in [0.2, 0.25) is 0 Å². The molecule has 0 aromatic rings. The molecule has 9 nitrogen and oxygen atoms in total. The lowest BCUT2D eigenvalue weighted by atomic mass is 10.4. The average molecular weight is 391 g/mol. The second-order valence-electron chi connectivity index (χ2n) is 4.39. The molecule has 0 aliphatic heterocycles.